The maximum absolute atomic E-state index is 4.07. The molecule has 23 heavy (non-hydrogen) atoms. The molecular formula is C21H38N2. The van der Waals surface area contributed by atoms with Crippen molar-refractivity contribution < 1.29 is 0 Å². The Bertz CT molecular complexity index is 418. The Balaban J connectivity index is 1.55. The Morgan fingerprint density at radius 1 is 1.13 bits per heavy atom. The first-order chi connectivity index (χ1) is 10.8. The first kappa shape index (κ1) is 17.5. The lowest BCUT2D eigenvalue weighted by Gasteiger charge is -2.48. The van der Waals surface area contributed by atoms with Crippen molar-refractivity contribution in [2.24, 2.45) is 17.8 Å². The number of piperidine rings is 2. The molecule has 2 heteroatoms. The van der Waals surface area contributed by atoms with Crippen LogP contribution in [-0.2, 0) is 0 Å². The van der Waals surface area contributed by atoms with Crippen molar-refractivity contribution in [3.63, 3.8) is 0 Å². The molecular weight excluding hydrogens is 280 g/mol. The van der Waals surface area contributed by atoms with Crippen molar-refractivity contribution in [2.75, 3.05) is 0 Å². The molecule has 0 aromatic heterocycles. The molecule has 3 aliphatic heterocycles. The number of hydrogen-bond acceptors (Lipinski definition) is 2. The van der Waals surface area contributed by atoms with Crippen LogP contribution in [0.15, 0.2) is 12.7 Å². The zero-order valence-corrected chi connectivity index (χ0v) is 15.8. The Hall–Kier alpha value is -0.340. The van der Waals surface area contributed by atoms with Crippen molar-refractivity contribution in [1.29, 1.82) is 0 Å². The van der Waals surface area contributed by atoms with Crippen LogP contribution in [0.1, 0.15) is 79.1 Å². The van der Waals surface area contributed by atoms with Gasteiger partial charge in [-0.15, -0.1) is 6.58 Å². The summed E-state index contributed by atoms with van der Waals surface area (Å²) in [4.78, 5) is 0. The quantitative estimate of drug-likeness (QED) is 0.721. The highest BCUT2D eigenvalue weighted by atomic mass is 15.1. The maximum atomic E-state index is 4.07. The number of nitrogens with one attached hydrogen (secondary N) is 2. The Morgan fingerprint density at radius 3 is 2.39 bits per heavy atom. The van der Waals surface area contributed by atoms with Gasteiger partial charge in [-0.3, -0.25) is 0 Å². The second-order valence-corrected chi connectivity index (χ2v) is 9.86. The summed E-state index contributed by atoms with van der Waals surface area (Å²) in [6.07, 6.45) is 13.0. The second kappa shape index (κ2) is 6.52. The first-order valence-corrected chi connectivity index (χ1v) is 9.96. The second-order valence-electron chi connectivity index (χ2n) is 9.86. The van der Waals surface area contributed by atoms with Crippen LogP contribution < -0.4 is 10.6 Å². The van der Waals surface area contributed by atoms with Crippen molar-refractivity contribution >= 4 is 0 Å². The summed E-state index contributed by atoms with van der Waals surface area (Å²) in [5.41, 5.74) is 0.518. The van der Waals surface area contributed by atoms with E-state index in [9.17, 15) is 0 Å². The summed E-state index contributed by atoms with van der Waals surface area (Å²) in [7, 11) is 0. The van der Waals surface area contributed by atoms with E-state index in [0.717, 1.165) is 23.9 Å². The van der Waals surface area contributed by atoms with E-state index < -0.39 is 0 Å². The van der Waals surface area contributed by atoms with Gasteiger partial charge in [0, 0.05) is 23.2 Å². The smallest absolute Gasteiger partial charge is 0.0164 e. The molecule has 0 aromatic rings. The molecule has 6 atom stereocenters. The molecule has 0 aromatic carbocycles. The average Bonchev–Trinajstić information content (AvgIpc) is 2.81. The Kier molecular flexibility index (Phi) is 4.95. The van der Waals surface area contributed by atoms with Crippen LogP contribution in [0.25, 0.3) is 0 Å². The lowest BCUT2D eigenvalue weighted by atomic mass is 9.71. The minimum absolute atomic E-state index is 0.239. The average molecular weight is 319 g/mol. The van der Waals surface area contributed by atoms with Gasteiger partial charge in [0.05, 0.1) is 0 Å². The van der Waals surface area contributed by atoms with Gasteiger partial charge >= 0.3 is 0 Å². The van der Waals surface area contributed by atoms with Gasteiger partial charge in [0.2, 0.25) is 0 Å². The molecule has 3 saturated heterocycles. The van der Waals surface area contributed by atoms with Gasteiger partial charge in [-0.25, -0.2) is 0 Å². The molecule has 2 N–H and O–H groups in total. The van der Waals surface area contributed by atoms with Crippen molar-refractivity contribution in [1.82, 2.24) is 10.6 Å². The van der Waals surface area contributed by atoms with Gasteiger partial charge in [0.15, 0.2) is 0 Å². The van der Waals surface area contributed by atoms with Crippen LogP contribution in [0.5, 0.6) is 0 Å². The van der Waals surface area contributed by atoms with Crippen LogP contribution >= 0.6 is 0 Å². The van der Waals surface area contributed by atoms with Gasteiger partial charge in [-0.2, -0.15) is 0 Å². The van der Waals surface area contributed by atoms with E-state index >= 15 is 0 Å². The first-order valence-electron chi connectivity index (χ1n) is 9.96. The fourth-order valence-corrected chi connectivity index (χ4v) is 5.90. The highest BCUT2D eigenvalue weighted by Gasteiger charge is 2.40. The van der Waals surface area contributed by atoms with Gasteiger partial charge < -0.3 is 10.6 Å². The molecule has 2 nitrogen and oxygen atoms in total. The van der Waals surface area contributed by atoms with Crippen molar-refractivity contribution in [3.05, 3.63) is 12.7 Å². The van der Waals surface area contributed by atoms with E-state index in [1.54, 1.807) is 0 Å². The van der Waals surface area contributed by atoms with E-state index in [-0.39, 0.29) is 11.1 Å². The van der Waals surface area contributed by atoms with Crippen LogP contribution in [0.4, 0.5) is 0 Å². The third kappa shape index (κ3) is 4.20. The van der Waals surface area contributed by atoms with Gasteiger partial charge in [0.1, 0.15) is 0 Å². The van der Waals surface area contributed by atoms with E-state index in [0.29, 0.717) is 5.92 Å². The molecule has 0 amide bonds. The minimum atomic E-state index is 0.239. The zero-order chi connectivity index (χ0) is 16.7. The Labute approximate surface area is 143 Å². The normalized spacial score (nSPS) is 44.0. The van der Waals surface area contributed by atoms with Gasteiger partial charge in [-0.05, 0) is 89.9 Å². The van der Waals surface area contributed by atoms with E-state index in [2.05, 4.69) is 51.0 Å². The molecule has 0 saturated carbocycles. The molecule has 2 bridgehead atoms. The monoisotopic (exact) mass is 318 g/mol. The third-order valence-corrected chi connectivity index (χ3v) is 6.92. The predicted molar refractivity (Wildman–Crippen MR) is 99.6 cm³/mol. The third-order valence-electron chi connectivity index (χ3n) is 6.92. The molecule has 3 fully saturated rings. The number of rotatable bonds is 5. The summed E-state index contributed by atoms with van der Waals surface area (Å²) in [5.74, 6) is 2.48. The van der Waals surface area contributed by atoms with Crippen LogP contribution in [0.3, 0.4) is 0 Å². The van der Waals surface area contributed by atoms with E-state index in [4.69, 9.17) is 0 Å². The summed E-state index contributed by atoms with van der Waals surface area (Å²) < 4.78 is 0. The SMILES string of the molecule is C=CC1CC(C)(C)NC(C)(CCC(C)C2C[C@H]3CC[C@@H](C2)N3)C1. The van der Waals surface area contributed by atoms with Gasteiger partial charge in [0.25, 0.3) is 0 Å². The topological polar surface area (TPSA) is 24.1 Å². The highest BCUT2D eigenvalue weighted by Crippen LogP contribution is 2.40. The maximum Gasteiger partial charge on any atom is 0.0164 e. The number of fused-ring (bicyclic) bond motifs is 2. The standard InChI is InChI=1S/C21H38N2/c1-6-16-13-20(3,4)23-21(5,14-16)10-9-15(2)17-11-18-7-8-19(12-17)22-18/h6,15-19,22-23H,1,7-14H2,2-5H3/t15?,16?,17?,18-,19+,21?. The molecule has 3 heterocycles. The van der Waals surface area contributed by atoms with Crippen LogP contribution in [-0.4, -0.2) is 23.2 Å². The Morgan fingerprint density at radius 2 is 1.78 bits per heavy atom. The molecule has 0 spiro atoms. The predicted octanol–water partition coefficient (Wildman–Crippen LogP) is 4.66. The molecule has 3 aliphatic rings. The zero-order valence-electron chi connectivity index (χ0n) is 15.8. The van der Waals surface area contributed by atoms with E-state index in [1.165, 1.54) is 51.4 Å². The number of allylic oxidation sites excluding steroid dienone is 1. The summed E-state index contributed by atoms with van der Waals surface area (Å²) in [5, 5.41) is 7.75. The minimum Gasteiger partial charge on any atom is -0.311 e. The lowest BCUT2D eigenvalue weighted by Crippen LogP contribution is -2.59. The molecule has 132 valence electrons. The lowest BCUT2D eigenvalue weighted by molar-refractivity contribution is 0.114. The summed E-state index contributed by atoms with van der Waals surface area (Å²) in [6.45, 7) is 13.7. The van der Waals surface area contributed by atoms with E-state index in [1.807, 2.05) is 0 Å². The van der Waals surface area contributed by atoms with Crippen LogP contribution in [0, 0.1) is 17.8 Å². The van der Waals surface area contributed by atoms with Crippen molar-refractivity contribution in [2.45, 2.75) is 102 Å². The largest absolute Gasteiger partial charge is 0.311 e. The summed E-state index contributed by atoms with van der Waals surface area (Å²) in [6, 6.07) is 1.65. The summed E-state index contributed by atoms with van der Waals surface area (Å²) >= 11 is 0. The molecule has 0 radical (unpaired) electrons. The fourth-order valence-electron chi connectivity index (χ4n) is 5.90. The van der Waals surface area contributed by atoms with Crippen LogP contribution in [0.2, 0.25) is 0 Å². The molecule has 0 aliphatic carbocycles. The molecule has 4 unspecified atom stereocenters. The number of hydrogen-bond donors (Lipinski definition) is 2. The molecule has 3 rings (SSSR count). The highest BCUT2D eigenvalue weighted by molar-refractivity contribution is 5.03. The van der Waals surface area contributed by atoms with Gasteiger partial charge in [-0.1, -0.05) is 13.0 Å². The fraction of sp³-hybridized carbons (Fsp3) is 0.905. The van der Waals surface area contributed by atoms with Crippen molar-refractivity contribution in [3.8, 4) is 0 Å².